The lowest BCUT2D eigenvalue weighted by Gasteiger charge is -2.18. The van der Waals surface area contributed by atoms with Crippen LogP contribution in [0.1, 0.15) is 36.8 Å². The normalized spacial score (nSPS) is 16.8. The molecule has 3 aromatic rings. The minimum atomic E-state index is -0.307. The van der Waals surface area contributed by atoms with Crippen molar-refractivity contribution >= 4 is 39.2 Å². The number of nitrogens with two attached hydrogens (primary N) is 1. The van der Waals surface area contributed by atoms with Gasteiger partial charge in [-0.15, -0.1) is 11.3 Å². The van der Waals surface area contributed by atoms with Gasteiger partial charge in [-0.2, -0.15) is 5.10 Å². The van der Waals surface area contributed by atoms with Crippen molar-refractivity contribution in [3.8, 4) is 0 Å². The monoisotopic (exact) mass is 372 g/mol. The van der Waals surface area contributed by atoms with Crippen LogP contribution in [0.5, 0.6) is 0 Å². The topological polar surface area (TPSA) is 119 Å². The summed E-state index contributed by atoms with van der Waals surface area (Å²) in [6.45, 7) is 4.08. The van der Waals surface area contributed by atoms with Gasteiger partial charge < -0.3 is 11.1 Å². The Bertz CT molecular complexity index is 1050. The molecule has 26 heavy (non-hydrogen) atoms. The van der Waals surface area contributed by atoms with Crippen molar-refractivity contribution in [2.75, 3.05) is 5.32 Å². The second-order valence-electron chi connectivity index (χ2n) is 6.84. The number of thiophene rings is 1. The molecule has 3 heterocycles. The summed E-state index contributed by atoms with van der Waals surface area (Å²) < 4.78 is 1.83. The van der Waals surface area contributed by atoms with Gasteiger partial charge >= 0.3 is 0 Å². The number of anilines is 2. The fraction of sp³-hybridized carbons (Fsp3) is 0.412. The molecule has 0 bridgehead atoms. The molecule has 1 aliphatic carbocycles. The second-order valence-corrected chi connectivity index (χ2v) is 7.92. The highest BCUT2D eigenvalue weighted by Crippen LogP contribution is 2.36. The van der Waals surface area contributed by atoms with E-state index in [9.17, 15) is 9.59 Å². The number of aromatic amines is 1. The summed E-state index contributed by atoms with van der Waals surface area (Å²) in [5.74, 6) is 0.466. The molecule has 136 valence electrons. The Labute approximate surface area is 153 Å². The van der Waals surface area contributed by atoms with Gasteiger partial charge in [0.05, 0.1) is 5.39 Å². The first-order chi connectivity index (χ1) is 12.4. The van der Waals surface area contributed by atoms with E-state index in [1.165, 1.54) is 11.3 Å². The van der Waals surface area contributed by atoms with Gasteiger partial charge in [0.2, 0.25) is 11.9 Å². The van der Waals surface area contributed by atoms with E-state index in [-0.39, 0.29) is 23.4 Å². The summed E-state index contributed by atoms with van der Waals surface area (Å²) in [6, 6.07) is 2.09. The standard InChI is InChI=1S/C17H20N6O2S/c1-8(2)23-6-5-12(22-23)19-17-20-15(25)13-10-7-9(14(18)24)3-4-11(10)26-16(13)21-17/h5-6,8-9H,3-4,7H2,1-2H3,(H2,18,24)(H2,19,20,21,22,25). The van der Waals surface area contributed by atoms with Crippen LogP contribution < -0.4 is 16.6 Å². The van der Waals surface area contributed by atoms with Gasteiger partial charge in [-0.1, -0.05) is 0 Å². The van der Waals surface area contributed by atoms with E-state index in [1.807, 2.05) is 30.8 Å². The molecular weight excluding hydrogens is 352 g/mol. The van der Waals surface area contributed by atoms with E-state index in [4.69, 9.17) is 5.73 Å². The van der Waals surface area contributed by atoms with Gasteiger partial charge in [0.1, 0.15) is 4.83 Å². The smallest absolute Gasteiger partial charge is 0.261 e. The lowest BCUT2D eigenvalue weighted by molar-refractivity contribution is -0.122. The largest absolute Gasteiger partial charge is 0.369 e. The first-order valence-electron chi connectivity index (χ1n) is 8.58. The molecule has 4 N–H and O–H groups in total. The van der Waals surface area contributed by atoms with E-state index in [0.29, 0.717) is 28.4 Å². The van der Waals surface area contributed by atoms with Crippen molar-refractivity contribution in [3.63, 3.8) is 0 Å². The summed E-state index contributed by atoms with van der Waals surface area (Å²) in [5.41, 5.74) is 6.17. The third kappa shape index (κ3) is 2.88. The van der Waals surface area contributed by atoms with Gasteiger partial charge in [0.15, 0.2) is 5.82 Å². The number of primary amides is 1. The number of carbonyl (C=O) groups is 1. The fourth-order valence-electron chi connectivity index (χ4n) is 3.30. The van der Waals surface area contributed by atoms with E-state index < -0.39 is 0 Å². The van der Waals surface area contributed by atoms with Crippen LogP contribution in [0.2, 0.25) is 0 Å². The molecule has 9 heteroatoms. The molecule has 3 aromatic heterocycles. The number of aryl methyl sites for hydroxylation is 1. The number of hydrogen-bond donors (Lipinski definition) is 3. The van der Waals surface area contributed by atoms with Crippen LogP contribution in [0.15, 0.2) is 17.1 Å². The minimum absolute atomic E-state index is 0.205. The first-order valence-corrected chi connectivity index (χ1v) is 9.40. The lowest BCUT2D eigenvalue weighted by Crippen LogP contribution is -2.28. The molecule has 1 amide bonds. The SMILES string of the molecule is CC(C)n1ccc(Nc2nc3sc4c(c3c(=O)[nH]2)CC(C(N)=O)CC4)n1. The molecule has 4 rings (SSSR count). The number of nitrogens with one attached hydrogen (secondary N) is 2. The number of carbonyl (C=O) groups excluding carboxylic acids is 1. The highest BCUT2D eigenvalue weighted by Gasteiger charge is 2.28. The van der Waals surface area contributed by atoms with E-state index in [1.54, 1.807) is 0 Å². The van der Waals surface area contributed by atoms with Crippen LogP contribution in [-0.4, -0.2) is 25.7 Å². The molecule has 0 aliphatic heterocycles. The molecule has 8 nitrogen and oxygen atoms in total. The van der Waals surface area contributed by atoms with Crippen molar-refractivity contribution in [3.05, 3.63) is 33.1 Å². The Morgan fingerprint density at radius 2 is 2.31 bits per heavy atom. The maximum Gasteiger partial charge on any atom is 0.261 e. The Morgan fingerprint density at radius 3 is 3.00 bits per heavy atom. The maximum absolute atomic E-state index is 12.6. The molecule has 1 aliphatic rings. The third-order valence-corrected chi connectivity index (χ3v) is 5.89. The van der Waals surface area contributed by atoms with Gasteiger partial charge in [-0.05, 0) is 38.7 Å². The molecule has 1 atom stereocenters. The maximum atomic E-state index is 12.6. The molecule has 0 aromatic carbocycles. The summed E-state index contributed by atoms with van der Waals surface area (Å²) in [6.07, 6.45) is 3.87. The quantitative estimate of drug-likeness (QED) is 0.648. The third-order valence-electron chi connectivity index (χ3n) is 4.70. The average Bonchev–Trinajstić information content (AvgIpc) is 3.18. The predicted octanol–water partition coefficient (Wildman–Crippen LogP) is 2.10. The zero-order valence-electron chi connectivity index (χ0n) is 14.6. The summed E-state index contributed by atoms with van der Waals surface area (Å²) >= 11 is 1.51. The van der Waals surface area contributed by atoms with Crippen LogP contribution in [0.3, 0.4) is 0 Å². The minimum Gasteiger partial charge on any atom is -0.369 e. The number of H-pyrrole nitrogens is 1. The number of hydrogen-bond acceptors (Lipinski definition) is 6. The van der Waals surface area contributed by atoms with Gasteiger partial charge in [-0.3, -0.25) is 19.3 Å². The Morgan fingerprint density at radius 1 is 1.50 bits per heavy atom. The van der Waals surface area contributed by atoms with Gasteiger partial charge in [0, 0.05) is 29.1 Å². The van der Waals surface area contributed by atoms with Crippen LogP contribution in [-0.2, 0) is 17.6 Å². The zero-order chi connectivity index (χ0) is 18.4. The van der Waals surface area contributed by atoms with Gasteiger partial charge in [0.25, 0.3) is 5.56 Å². The van der Waals surface area contributed by atoms with E-state index in [2.05, 4.69) is 20.4 Å². The number of fused-ring (bicyclic) bond motifs is 3. The highest BCUT2D eigenvalue weighted by molar-refractivity contribution is 7.18. The van der Waals surface area contributed by atoms with E-state index >= 15 is 0 Å². The Kier molecular flexibility index (Phi) is 4.03. The van der Waals surface area contributed by atoms with Crippen molar-refractivity contribution in [2.45, 2.75) is 39.2 Å². The predicted molar refractivity (Wildman–Crippen MR) is 101 cm³/mol. The van der Waals surface area contributed by atoms with Crippen molar-refractivity contribution in [1.29, 1.82) is 0 Å². The Balaban J connectivity index is 1.69. The van der Waals surface area contributed by atoms with Gasteiger partial charge in [-0.25, -0.2) is 4.98 Å². The summed E-state index contributed by atoms with van der Waals surface area (Å²) in [5, 5.41) is 8.04. The second kappa shape index (κ2) is 6.24. The number of aromatic nitrogens is 4. The molecular formula is C17H20N6O2S. The Hall–Kier alpha value is -2.68. The summed E-state index contributed by atoms with van der Waals surface area (Å²) in [7, 11) is 0. The number of amides is 1. The zero-order valence-corrected chi connectivity index (χ0v) is 15.4. The van der Waals surface area contributed by atoms with Crippen LogP contribution in [0, 0.1) is 5.92 Å². The van der Waals surface area contributed by atoms with Crippen LogP contribution in [0.4, 0.5) is 11.8 Å². The molecule has 0 saturated carbocycles. The number of rotatable bonds is 4. The van der Waals surface area contributed by atoms with Crippen LogP contribution in [0.25, 0.3) is 10.2 Å². The molecule has 0 spiro atoms. The van der Waals surface area contributed by atoms with E-state index in [0.717, 1.165) is 23.3 Å². The van der Waals surface area contributed by atoms with Crippen molar-refractivity contribution < 1.29 is 4.79 Å². The first kappa shape index (κ1) is 16.8. The lowest BCUT2D eigenvalue weighted by atomic mass is 9.87. The van der Waals surface area contributed by atoms with Crippen LogP contribution >= 0.6 is 11.3 Å². The molecule has 0 fully saturated rings. The molecule has 1 unspecified atom stereocenters. The van der Waals surface area contributed by atoms with Crippen molar-refractivity contribution in [2.24, 2.45) is 11.7 Å². The molecule has 0 radical (unpaired) electrons. The highest BCUT2D eigenvalue weighted by atomic mass is 32.1. The average molecular weight is 372 g/mol. The summed E-state index contributed by atoms with van der Waals surface area (Å²) in [4.78, 5) is 33.3. The fourth-order valence-corrected chi connectivity index (χ4v) is 4.51. The number of nitrogens with zero attached hydrogens (tertiary/aromatic N) is 3. The molecule has 0 saturated heterocycles. The van der Waals surface area contributed by atoms with Crippen molar-refractivity contribution in [1.82, 2.24) is 19.7 Å².